The Labute approximate surface area is 133 Å². The largest absolute Gasteiger partial charge is 0.363 e. The minimum absolute atomic E-state index is 0.0868. The number of H-pyrrole nitrogens is 1. The van der Waals surface area contributed by atoms with Crippen LogP contribution < -0.4 is 5.73 Å². The number of carbonyl (C=O) groups is 1. The second kappa shape index (κ2) is 8.09. The summed E-state index contributed by atoms with van der Waals surface area (Å²) < 4.78 is 0. The molecule has 2 aromatic rings. The molecular weight excluding hydrogens is 302 g/mol. The molecule has 0 aliphatic heterocycles. The molecule has 0 unspecified atom stereocenters. The Hall–Kier alpha value is -2.47. The summed E-state index contributed by atoms with van der Waals surface area (Å²) in [5.74, 6) is -0.540. The van der Waals surface area contributed by atoms with E-state index in [1.54, 1.807) is 25.3 Å². The summed E-state index contributed by atoms with van der Waals surface area (Å²) in [4.78, 5) is 21.5. The molecule has 6 nitrogen and oxygen atoms in total. The summed E-state index contributed by atoms with van der Waals surface area (Å²) in [5, 5.41) is 8.46. The fourth-order valence-corrected chi connectivity index (χ4v) is 1.76. The van der Waals surface area contributed by atoms with Gasteiger partial charge >= 0.3 is 0 Å². The molecule has 0 aliphatic rings. The number of allylic oxidation sites excluding steroid dienone is 2. The molecule has 0 radical (unpaired) electrons. The van der Waals surface area contributed by atoms with E-state index in [2.05, 4.69) is 15.0 Å². The van der Waals surface area contributed by atoms with E-state index in [-0.39, 0.29) is 11.5 Å². The molecular formula is C15H18ClN5O. The van der Waals surface area contributed by atoms with Crippen molar-refractivity contribution in [2.45, 2.75) is 20.8 Å². The monoisotopic (exact) mass is 319 g/mol. The van der Waals surface area contributed by atoms with Gasteiger partial charge in [-0.05, 0) is 24.6 Å². The summed E-state index contributed by atoms with van der Waals surface area (Å²) in [7, 11) is 0. The van der Waals surface area contributed by atoms with Gasteiger partial charge in [0.25, 0.3) is 5.91 Å². The standard InChI is InChI=1S/C13H12ClN5O.C2H6/c1-7(11-6-18-13(19-11)12(16)20)2-10(15)8-3-9(14)5-17-4-8;1-2/h2-6,15H,1H3,(H2,16,20)(H,18,19);1-2H3/b7-2-,15-10?;. The van der Waals surface area contributed by atoms with E-state index in [1.807, 2.05) is 13.8 Å². The lowest BCUT2D eigenvalue weighted by Crippen LogP contribution is -2.12. The molecule has 2 aromatic heterocycles. The fourth-order valence-electron chi connectivity index (χ4n) is 1.58. The van der Waals surface area contributed by atoms with Crippen molar-refractivity contribution in [2.75, 3.05) is 0 Å². The highest BCUT2D eigenvalue weighted by atomic mass is 35.5. The fraction of sp³-hybridized carbons (Fsp3) is 0.200. The Kier molecular flexibility index (Phi) is 6.47. The minimum Gasteiger partial charge on any atom is -0.363 e. The van der Waals surface area contributed by atoms with Crippen molar-refractivity contribution in [3.8, 4) is 0 Å². The van der Waals surface area contributed by atoms with Gasteiger partial charge in [0.1, 0.15) is 0 Å². The molecule has 2 heterocycles. The molecule has 1 amide bonds. The van der Waals surface area contributed by atoms with Crippen LogP contribution in [-0.2, 0) is 0 Å². The first-order chi connectivity index (χ1) is 10.5. The Morgan fingerprint density at radius 3 is 2.59 bits per heavy atom. The molecule has 0 aromatic carbocycles. The molecule has 116 valence electrons. The van der Waals surface area contributed by atoms with E-state index in [1.165, 1.54) is 12.4 Å². The smallest absolute Gasteiger partial charge is 0.284 e. The van der Waals surface area contributed by atoms with Gasteiger partial charge in [0.05, 0.1) is 22.6 Å². The summed E-state index contributed by atoms with van der Waals surface area (Å²) in [6.07, 6.45) is 6.18. The number of rotatable bonds is 4. The van der Waals surface area contributed by atoms with Crippen molar-refractivity contribution in [1.29, 1.82) is 5.41 Å². The van der Waals surface area contributed by atoms with Gasteiger partial charge in [0, 0.05) is 18.0 Å². The van der Waals surface area contributed by atoms with Gasteiger partial charge in [-0.3, -0.25) is 9.78 Å². The normalized spacial score (nSPS) is 10.6. The lowest BCUT2D eigenvalue weighted by molar-refractivity contribution is 0.0991. The van der Waals surface area contributed by atoms with Crippen LogP contribution in [0.25, 0.3) is 5.57 Å². The van der Waals surface area contributed by atoms with Crippen LogP contribution in [0.2, 0.25) is 5.02 Å². The molecule has 4 N–H and O–H groups in total. The maximum absolute atomic E-state index is 11.0. The quantitative estimate of drug-likeness (QED) is 0.753. The van der Waals surface area contributed by atoms with Gasteiger partial charge < -0.3 is 16.1 Å². The lowest BCUT2D eigenvalue weighted by atomic mass is 10.1. The van der Waals surface area contributed by atoms with Gasteiger partial charge in [-0.25, -0.2) is 4.98 Å². The van der Waals surface area contributed by atoms with Crippen molar-refractivity contribution >= 4 is 28.8 Å². The highest BCUT2D eigenvalue weighted by Crippen LogP contribution is 2.14. The Bertz CT molecular complexity index is 705. The predicted molar refractivity (Wildman–Crippen MR) is 88.2 cm³/mol. The topological polar surface area (TPSA) is 109 Å². The van der Waals surface area contributed by atoms with Crippen LogP contribution in [0.5, 0.6) is 0 Å². The van der Waals surface area contributed by atoms with Crippen molar-refractivity contribution in [3.05, 3.63) is 52.8 Å². The molecule has 0 fully saturated rings. The number of amides is 1. The Morgan fingerprint density at radius 2 is 2.05 bits per heavy atom. The van der Waals surface area contributed by atoms with Crippen LogP contribution in [0, 0.1) is 5.41 Å². The molecule has 0 atom stereocenters. The summed E-state index contributed by atoms with van der Waals surface area (Å²) in [6, 6.07) is 1.66. The predicted octanol–water partition coefficient (Wildman–Crippen LogP) is 3.05. The number of hydrogen-bond donors (Lipinski definition) is 3. The average Bonchev–Trinajstić information content (AvgIpc) is 2.99. The van der Waals surface area contributed by atoms with Crippen LogP contribution in [0.15, 0.2) is 30.7 Å². The summed E-state index contributed by atoms with van der Waals surface area (Å²) in [6.45, 7) is 5.80. The number of carbonyl (C=O) groups excluding carboxylic acids is 1. The SMILES string of the molecule is C/C(=C/C(=N)c1cncc(Cl)c1)c1cnc(C(N)=O)[nH]1.CC. The van der Waals surface area contributed by atoms with E-state index in [4.69, 9.17) is 22.7 Å². The summed E-state index contributed by atoms with van der Waals surface area (Å²) in [5.41, 5.74) is 7.35. The second-order valence-corrected chi connectivity index (χ2v) is 4.58. The zero-order chi connectivity index (χ0) is 16.7. The van der Waals surface area contributed by atoms with E-state index < -0.39 is 5.91 Å². The highest BCUT2D eigenvalue weighted by molar-refractivity contribution is 6.31. The molecule has 0 spiro atoms. The van der Waals surface area contributed by atoms with Gasteiger partial charge in [0.2, 0.25) is 0 Å². The van der Waals surface area contributed by atoms with Crippen molar-refractivity contribution in [1.82, 2.24) is 15.0 Å². The number of aromatic amines is 1. The number of hydrogen-bond acceptors (Lipinski definition) is 4. The minimum atomic E-state index is -0.627. The molecule has 7 heteroatoms. The third-order valence-electron chi connectivity index (χ3n) is 2.61. The first-order valence-corrected chi connectivity index (χ1v) is 7.08. The molecule has 0 bridgehead atoms. The first-order valence-electron chi connectivity index (χ1n) is 6.70. The number of halogens is 1. The number of aromatic nitrogens is 3. The van der Waals surface area contributed by atoms with E-state index in [0.29, 0.717) is 16.3 Å². The van der Waals surface area contributed by atoms with Gasteiger partial charge in [0.15, 0.2) is 5.82 Å². The van der Waals surface area contributed by atoms with E-state index >= 15 is 0 Å². The average molecular weight is 320 g/mol. The van der Waals surface area contributed by atoms with Gasteiger partial charge in [-0.2, -0.15) is 0 Å². The Balaban J connectivity index is 0.00000116. The zero-order valence-electron chi connectivity index (χ0n) is 12.6. The van der Waals surface area contributed by atoms with Crippen LogP contribution in [0.3, 0.4) is 0 Å². The van der Waals surface area contributed by atoms with Gasteiger partial charge in [-0.1, -0.05) is 25.4 Å². The molecule has 22 heavy (non-hydrogen) atoms. The molecule has 0 aliphatic carbocycles. The number of nitrogens with two attached hydrogens (primary N) is 1. The number of primary amides is 1. The first kappa shape index (κ1) is 17.6. The molecule has 2 rings (SSSR count). The highest BCUT2D eigenvalue weighted by Gasteiger charge is 2.08. The van der Waals surface area contributed by atoms with Gasteiger partial charge in [-0.15, -0.1) is 0 Å². The van der Waals surface area contributed by atoms with Crippen molar-refractivity contribution < 1.29 is 4.79 Å². The third kappa shape index (κ3) is 4.53. The Morgan fingerprint density at radius 1 is 1.36 bits per heavy atom. The zero-order valence-corrected chi connectivity index (χ0v) is 13.4. The van der Waals surface area contributed by atoms with E-state index in [9.17, 15) is 4.79 Å². The maximum Gasteiger partial charge on any atom is 0.284 e. The lowest BCUT2D eigenvalue weighted by Gasteiger charge is -2.01. The number of imidazole rings is 1. The van der Waals surface area contributed by atoms with Crippen LogP contribution in [0.4, 0.5) is 0 Å². The van der Waals surface area contributed by atoms with Crippen molar-refractivity contribution in [2.24, 2.45) is 5.73 Å². The van der Waals surface area contributed by atoms with Crippen LogP contribution >= 0.6 is 11.6 Å². The van der Waals surface area contributed by atoms with E-state index in [0.717, 1.165) is 5.57 Å². The maximum atomic E-state index is 11.0. The second-order valence-electron chi connectivity index (χ2n) is 4.14. The number of nitrogens with one attached hydrogen (secondary N) is 2. The number of nitrogens with zero attached hydrogens (tertiary/aromatic N) is 2. The van der Waals surface area contributed by atoms with Crippen LogP contribution in [0.1, 0.15) is 42.6 Å². The summed E-state index contributed by atoms with van der Waals surface area (Å²) >= 11 is 5.83. The third-order valence-corrected chi connectivity index (χ3v) is 2.82. The molecule has 0 saturated carbocycles. The molecule has 0 saturated heterocycles. The van der Waals surface area contributed by atoms with Crippen LogP contribution in [-0.4, -0.2) is 26.6 Å². The van der Waals surface area contributed by atoms with Crippen molar-refractivity contribution in [3.63, 3.8) is 0 Å². The number of pyridine rings is 1.